The molecule has 0 heterocycles. The summed E-state index contributed by atoms with van der Waals surface area (Å²) in [5.41, 5.74) is 0.467. The molecule has 1 amide bonds. The predicted octanol–water partition coefficient (Wildman–Crippen LogP) is 10.9. The van der Waals surface area contributed by atoms with Crippen molar-refractivity contribution in [3.05, 3.63) is 23.3 Å². The first-order valence-electron chi connectivity index (χ1n) is 22.6. The average molecular weight is 776 g/mol. The van der Waals surface area contributed by atoms with Crippen LogP contribution in [0.4, 0.5) is 0 Å². The smallest absolute Gasteiger partial charge is 0.312 e. The maximum atomic E-state index is 14.0. The third-order valence-corrected chi connectivity index (χ3v) is 17.1. The molecular weight excluding hydrogens is 699 g/mol. The highest BCUT2D eigenvalue weighted by molar-refractivity contribution is 6.01. The van der Waals surface area contributed by atoms with Crippen LogP contribution in [0.15, 0.2) is 23.3 Å². The van der Waals surface area contributed by atoms with Gasteiger partial charge >= 0.3 is 11.9 Å². The van der Waals surface area contributed by atoms with Crippen molar-refractivity contribution in [2.45, 2.75) is 191 Å². The molecule has 0 unspecified atom stereocenters. The lowest BCUT2D eigenvalue weighted by atomic mass is 9.33. The lowest BCUT2D eigenvalue weighted by Gasteiger charge is -2.72. The Morgan fingerprint density at radius 3 is 2.14 bits per heavy atom. The molecule has 0 aromatic heterocycles. The summed E-state index contributed by atoms with van der Waals surface area (Å²) in [4.78, 5) is 53.8. The molecule has 56 heavy (non-hydrogen) atoms. The summed E-state index contributed by atoms with van der Waals surface area (Å²) in [6.45, 7) is 26.6. The van der Waals surface area contributed by atoms with E-state index in [1.165, 1.54) is 37.7 Å². The predicted molar refractivity (Wildman–Crippen MR) is 222 cm³/mol. The van der Waals surface area contributed by atoms with Crippen LogP contribution in [0.1, 0.15) is 179 Å². The normalized spacial score (nSPS) is 37.4. The monoisotopic (exact) mass is 776 g/mol. The second kappa shape index (κ2) is 15.0. The third kappa shape index (κ3) is 7.50. The van der Waals surface area contributed by atoms with Gasteiger partial charge in [-0.1, -0.05) is 73.8 Å². The van der Waals surface area contributed by atoms with Gasteiger partial charge < -0.3 is 14.8 Å². The van der Waals surface area contributed by atoms with Crippen LogP contribution in [0.25, 0.3) is 0 Å². The minimum absolute atomic E-state index is 0.00456. The van der Waals surface area contributed by atoms with E-state index in [9.17, 15) is 19.2 Å². The van der Waals surface area contributed by atoms with Crippen LogP contribution in [0, 0.1) is 62.1 Å². The zero-order valence-electron chi connectivity index (χ0n) is 37.4. The maximum absolute atomic E-state index is 14.0. The molecule has 7 nitrogen and oxygen atoms in total. The molecule has 1 N–H and O–H groups in total. The van der Waals surface area contributed by atoms with Crippen molar-refractivity contribution < 1.29 is 28.7 Å². The molecule has 0 aromatic carbocycles. The van der Waals surface area contributed by atoms with E-state index in [4.69, 9.17) is 9.47 Å². The second-order valence-corrected chi connectivity index (χ2v) is 22.8. The molecule has 0 bridgehead atoms. The Morgan fingerprint density at radius 1 is 0.821 bits per heavy atom. The molecule has 6 rings (SSSR count). The Kier molecular flexibility index (Phi) is 11.5. The van der Waals surface area contributed by atoms with Crippen LogP contribution in [0.3, 0.4) is 0 Å². The Balaban J connectivity index is 1.21. The van der Waals surface area contributed by atoms with Crippen molar-refractivity contribution in [2.24, 2.45) is 62.1 Å². The minimum Gasteiger partial charge on any atom is -0.462 e. The van der Waals surface area contributed by atoms with Crippen LogP contribution < -0.4 is 5.32 Å². The van der Waals surface area contributed by atoms with Crippen LogP contribution in [0.2, 0.25) is 0 Å². The summed E-state index contributed by atoms with van der Waals surface area (Å²) < 4.78 is 12.0. The molecule has 7 heteroatoms. The van der Waals surface area contributed by atoms with Crippen molar-refractivity contribution >= 4 is 23.6 Å². The lowest BCUT2D eigenvalue weighted by Crippen LogP contribution is -2.65. The molecule has 0 radical (unpaired) electrons. The van der Waals surface area contributed by atoms with Crippen LogP contribution in [-0.4, -0.2) is 41.9 Å². The van der Waals surface area contributed by atoms with Gasteiger partial charge in [-0.05, 0) is 162 Å². The molecule has 6 aliphatic carbocycles. The topological polar surface area (TPSA) is 98.8 Å². The molecule has 0 aliphatic heterocycles. The SMILES string of the molecule is CC(C)C1=C2[C@H]3CC[C@@H]4[C@@]5(C)CC[C@H](OC(=O)CC(C)(C)C(=O)OC(C)(C)C)C(C)(C)[C@@H]5CC[C@@]4(C)[C@]3(C)CC[C@@]2(C=CC(=O)NCC2CCCCC2)CC1=O. The molecular formula is C49H77NO6. The van der Waals surface area contributed by atoms with Crippen molar-refractivity contribution in [1.29, 1.82) is 0 Å². The first-order valence-corrected chi connectivity index (χ1v) is 22.6. The Labute approximate surface area is 339 Å². The number of amides is 1. The van der Waals surface area contributed by atoms with E-state index in [2.05, 4.69) is 59.9 Å². The number of Topliss-reactive ketones (excluding diaryl/α,β-unsaturated/α-hetero) is 1. The third-order valence-electron chi connectivity index (χ3n) is 17.1. The van der Waals surface area contributed by atoms with Crippen LogP contribution in [0.5, 0.6) is 0 Å². The summed E-state index contributed by atoms with van der Waals surface area (Å²) in [6, 6.07) is 0. The highest BCUT2D eigenvalue weighted by Gasteiger charge is 2.70. The van der Waals surface area contributed by atoms with E-state index in [1.807, 2.05) is 20.8 Å². The van der Waals surface area contributed by atoms with Gasteiger partial charge in [-0.3, -0.25) is 19.2 Å². The Bertz CT molecular complexity index is 1620. The number of hydrogen-bond donors (Lipinski definition) is 1. The first-order chi connectivity index (χ1) is 25.9. The van der Waals surface area contributed by atoms with E-state index in [1.54, 1.807) is 19.9 Å². The van der Waals surface area contributed by atoms with Gasteiger partial charge in [0.1, 0.15) is 11.7 Å². The number of nitrogens with one attached hydrogen (secondary N) is 1. The number of rotatable bonds is 9. The number of ketones is 1. The molecule has 0 saturated heterocycles. The zero-order chi connectivity index (χ0) is 41.3. The van der Waals surface area contributed by atoms with E-state index < -0.39 is 11.0 Å². The lowest BCUT2D eigenvalue weighted by molar-refractivity contribution is -0.232. The van der Waals surface area contributed by atoms with Gasteiger partial charge in [0.05, 0.1) is 11.8 Å². The average Bonchev–Trinajstić information content (AvgIpc) is 3.40. The number of carbonyl (C=O) groups excluding carboxylic acids is 4. The maximum Gasteiger partial charge on any atom is 0.312 e. The quantitative estimate of drug-likeness (QED) is 0.185. The number of carbonyl (C=O) groups is 4. The van der Waals surface area contributed by atoms with Gasteiger partial charge in [-0.25, -0.2) is 0 Å². The van der Waals surface area contributed by atoms with E-state index in [0.717, 1.165) is 63.5 Å². The Morgan fingerprint density at radius 2 is 1.50 bits per heavy atom. The van der Waals surface area contributed by atoms with Gasteiger partial charge in [0.2, 0.25) is 5.91 Å². The number of ether oxygens (including phenoxy) is 2. The summed E-state index contributed by atoms with van der Waals surface area (Å²) in [7, 11) is 0. The molecule has 5 saturated carbocycles. The highest BCUT2D eigenvalue weighted by Crippen LogP contribution is 2.77. The zero-order valence-corrected chi connectivity index (χ0v) is 37.4. The molecule has 0 aromatic rings. The number of allylic oxidation sites excluding steroid dienone is 3. The van der Waals surface area contributed by atoms with Crippen molar-refractivity contribution in [3.63, 3.8) is 0 Å². The highest BCUT2D eigenvalue weighted by atomic mass is 16.6. The van der Waals surface area contributed by atoms with Gasteiger partial charge in [-0.15, -0.1) is 0 Å². The summed E-state index contributed by atoms with van der Waals surface area (Å²) in [5.74, 6) is 1.55. The van der Waals surface area contributed by atoms with Gasteiger partial charge in [0, 0.05) is 23.8 Å². The minimum atomic E-state index is -0.971. The molecule has 314 valence electrons. The van der Waals surface area contributed by atoms with E-state index in [-0.39, 0.29) is 63.4 Å². The summed E-state index contributed by atoms with van der Waals surface area (Å²) in [6.07, 6.45) is 18.7. The van der Waals surface area contributed by atoms with E-state index in [0.29, 0.717) is 35.9 Å². The van der Waals surface area contributed by atoms with Gasteiger partial charge in [0.25, 0.3) is 0 Å². The molecule has 0 spiro atoms. The van der Waals surface area contributed by atoms with Crippen LogP contribution in [-0.2, 0) is 28.7 Å². The number of hydrogen-bond acceptors (Lipinski definition) is 6. The van der Waals surface area contributed by atoms with Crippen molar-refractivity contribution in [1.82, 2.24) is 5.32 Å². The Hall–Kier alpha value is -2.44. The van der Waals surface area contributed by atoms with E-state index >= 15 is 0 Å². The van der Waals surface area contributed by atoms with Gasteiger partial charge in [0.15, 0.2) is 5.78 Å². The fraction of sp³-hybridized carbons (Fsp3) is 0.837. The van der Waals surface area contributed by atoms with Crippen molar-refractivity contribution in [2.75, 3.05) is 6.54 Å². The standard InChI is InChI=1S/C49H77NO6/c1-31(2)40-34(51)28-49(25-22-38(52)50-30-32-16-14-13-15-17-32)27-26-47(11)33(41(40)49)18-19-36-46(10)23-21-37(45(8,9)35(46)20-24-48(36,47)12)55-39(53)29-44(6,7)42(54)56-43(3,4)5/h22,25,31-33,35-37H,13-21,23-24,26-30H2,1-12H3,(H,50,52)/t33-,35+,36-,37+,46+,47-,48-,49+/m1/s1. The van der Waals surface area contributed by atoms with Crippen LogP contribution >= 0.6 is 0 Å². The summed E-state index contributed by atoms with van der Waals surface area (Å²) >= 11 is 0. The second-order valence-electron chi connectivity index (χ2n) is 22.8. The first kappa shape index (κ1) is 43.1. The number of fused-ring (bicyclic) bond motifs is 7. The summed E-state index contributed by atoms with van der Waals surface area (Å²) in [5, 5.41) is 3.22. The van der Waals surface area contributed by atoms with Crippen molar-refractivity contribution in [3.8, 4) is 0 Å². The largest absolute Gasteiger partial charge is 0.462 e. The molecule has 6 aliphatic rings. The fourth-order valence-electron chi connectivity index (χ4n) is 14.0. The molecule has 5 fully saturated rings. The number of esters is 2. The van der Waals surface area contributed by atoms with Gasteiger partial charge in [-0.2, -0.15) is 0 Å². The fourth-order valence-corrected chi connectivity index (χ4v) is 14.0. The molecule has 8 atom stereocenters.